The van der Waals surface area contributed by atoms with E-state index >= 15 is 0 Å². The third-order valence-electron chi connectivity index (χ3n) is 3.11. The van der Waals surface area contributed by atoms with E-state index in [2.05, 4.69) is 9.98 Å². The molecule has 0 amide bonds. The maximum atomic E-state index is 5.66. The molecular weight excluding hydrogens is 228 g/mol. The van der Waals surface area contributed by atoms with Gasteiger partial charge in [-0.2, -0.15) is 0 Å². The molecule has 2 aromatic carbocycles. The molecule has 0 fully saturated rings. The Balaban J connectivity index is 2.20. The lowest BCUT2D eigenvalue weighted by Crippen LogP contribution is -2.10. The van der Waals surface area contributed by atoms with E-state index in [0.29, 0.717) is 11.8 Å². The molecule has 0 saturated heterocycles. The van der Waals surface area contributed by atoms with Crippen LogP contribution in [-0.4, -0.2) is 11.8 Å². The summed E-state index contributed by atoms with van der Waals surface area (Å²) in [5.74, 6) is 2.94. The fourth-order valence-electron chi connectivity index (χ4n) is 2.46. The first-order chi connectivity index (χ1) is 8.72. The lowest BCUT2D eigenvalue weighted by atomic mass is 10.0. The van der Waals surface area contributed by atoms with Gasteiger partial charge in [0.25, 0.3) is 0 Å². The molecule has 4 heteroatoms. The lowest BCUT2D eigenvalue weighted by Gasteiger charge is -2.21. The summed E-state index contributed by atoms with van der Waals surface area (Å²) in [7, 11) is 0. The number of hydrogen-bond acceptors (Lipinski definition) is 4. The van der Waals surface area contributed by atoms with Gasteiger partial charge in [0.1, 0.15) is 11.5 Å². The molecule has 0 bridgehead atoms. The Labute approximate surface area is 104 Å². The van der Waals surface area contributed by atoms with Gasteiger partial charge in [-0.3, -0.25) is 0 Å². The molecule has 0 radical (unpaired) electrons. The van der Waals surface area contributed by atoms with Crippen LogP contribution in [0, 0.1) is 0 Å². The largest absolute Gasteiger partial charge is 0.443 e. The summed E-state index contributed by atoms with van der Waals surface area (Å²) in [6.45, 7) is 3.70. The second kappa shape index (κ2) is 3.10. The Kier molecular flexibility index (Phi) is 1.66. The average Bonchev–Trinajstić information content (AvgIpc) is 2.34. The second-order valence-electron chi connectivity index (χ2n) is 4.38. The molecule has 88 valence electrons. The molecule has 2 aliphatic rings. The molecule has 0 N–H and O–H groups in total. The highest BCUT2D eigenvalue weighted by Gasteiger charge is 2.22. The third-order valence-corrected chi connectivity index (χ3v) is 3.11. The molecule has 18 heavy (non-hydrogen) atoms. The quantitative estimate of drug-likeness (QED) is 0.701. The van der Waals surface area contributed by atoms with Gasteiger partial charge in [-0.15, -0.1) is 0 Å². The Morgan fingerprint density at radius 1 is 0.722 bits per heavy atom. The molecule has 2 aliphatic heterocycles. The van der Waals surface area contributed by atoms with E-state index in [0.717, 1.165) is 33.6 Å². The van der Waals surface area contributed by atoms with Crippen molar-refractivity contribution < 1.29 is 9.47 Å². The van der Waals surface area contributed by atoms with Crippen molar-refractivity contribution in [3.63, 3.8) is 0 Å². The van der Waals surface area contributed by atoms with Crippen LogP contribution in [0.5, 0.6) is 11.5 Å². The first-order valence-corrected chi connectivity index (χ1v) is 5.78. The SMILES string of the molecule is CC1=Nc2ccc3c4c(ccc(c24)O1)N=C(C)O3. The molecule has 0 aliphatic carbocycles. The van der Waals surface area contributed by atoms with E-state index in [-0.39, 0.29) is 0 Å². The van der Waals surface area contributed by atoms with E-state index in [4.69, 9.17) is 9.47 Å². The molecule has 2 aromatic rings. The highest BCUT2D eigenvalue weighted by atomic mass is 16.5. The molecule has 0 unspecified atom stereocenters. The van der Waals surface area contributed by atoms with E-state index in [1.54, 1.807) is 0 Å². The topological polar surface area (TPSA) is 43.2 Å². The van der Waals surface area contributed by atoms with Crippen molar-refractivity contribution in [2.24, 2.45) is 9.98 Å². The van der Waals surface area contributed by atoms with Crippen LogP contribution in [0.4, 0.5) is 11.4 Å². The lowest BCUT2D eigenvalue weighted by molar-refractivity contribution is 0.541. The first kappa shape index (κ1) is 9.65. The van der Waals surface area contributed by atoms with Crippen LogP contribution < -0.4 is 9.47 Å². The van der Waals surface area contributed by atoms with Crippen molar-refractivity contribution in [1.82, 2.24) is 0 Å². The predicted molar refractivity (Wildman–Crippen MR) is 70.7 cm³/mol. The van der Waals surface area contributed by atoms with Crippen molar-refractivity contribution in [2.45, 2.75) is 13.8 Å². The minimum atomic E-state index is 0.655. The van der Waals surface area contributed by atoms with Gasteiger partial charge in [0.2, 0.25) is 0 Å². The van der Waals surface area contributed by atoms with Crippen LogP contribution in [0.2, 0.25) is 0 Å². The van der Waals surface area contributed by atoms with E-state index in [1.165, 1.54) is 0 Å². The van der Waals surface area contributed by atoms with Gasteiger partial charge in [-0.25, -0.2) is 9.98 Å². The molecule has 4 nitrogen and oxygen atoms in total. The smallest absolute Gasteiger partial charge is 0.192 e. The van der Waals surface area contributed by atoms with Crippen LogP contribution in [0.3, 0.4) is 0 Å². The van der Waals surface area contributed by atoms with E-state index in [9.17, 15) is 0 Å². The predicted octanol–water partition coefficient (Wildman–Crippen LogP) is 3.72. The molecule has 4 rings (SSSR count). The normalized spacial score (nSPS) is 15.7. The summed E-state index contributed by atoms with van der Waals surface area (Å²) in [6, 6.07) is 7.78. The number of nitrogens with zero attached hydrogens (tertiary/aromatic N) is 2. The number of aliphatic imine (C=N–C) groups is 2. The maximum absolute atomic E-state index is 5.66. The van der Waals surface area contributed by atoms with Crippen LogP contribution in [0.15, 0.2) is 34.3 Å². The summed E-state index contributed by atoms with van der Waals surface area (Å²) < 4.78 is 11.3. The van der Waals surface area contributed by atoms with Gasteiger partial charge < -0.3 is 9.47 Å². The zero-order valence-electron chi connectivity index (χ0n) is 10.0. The summed E-state index contributed by atoms with van der Waals surface area (Å²) in [5.41, 5.74) is 1.82. The highest BCUT2D eigenvalue weighted by molar-refractivity contribution is 6.12. The van der Waals surface area contributed by atoms with Crippen molar-refractivity contribution in [2.75, 3.05) is 0 Å². The summed E-state index contributed by atoms with van der Waals surface area (Å²) in [4.78, 5) is 8.83. The van der Waals surface area contributed by atoms with Crippen molar-refractivity contribution in [3.8, 4) is 11.5 Å². The Hall–Kier alpha value is -2.36. The van der Waals surface area contributed by atoms with E-state index < -0.39 is 0 Å². The molecule has 2 heterocycles. The fraction of sp³-hybridized carbons (Fsp3) is 0.143. The standard InChI is InChI=1S/C14H10N2O2/c1-7-15-9-3-6-12-14-10(16-8(2)18-12)4-5-11(17-7)13(9)14/h3-6H,1-2H3. The number of hydrogen-bond donors (Lipinski definition) is 0. The highest BCUT2D eigenvalue weighted by Crippen LogP contribution is 2.47. The van der Waals surface area contributed by atoms with Gasteiger partial charge in [0.05, 0.1) is 22.1 Å². The minimum Gasteiger partial charge on any atom is -0.443 e. The Morgan fingerprint density at radius 3 is 1.61 bits per heavy atom. The van der Waals surface area contributed by atoms with Gasteiger partial charge >= 0.3 is 0 Å². The summed E-state index contributed by atoms with van der Waals surface area (Å²) in [5, 5.41) is 1.96. The monoisotopic (exact) mass is 238 g/mol. The van der Waals surface area contributed by atoms with Gasteiger partial charge in [0.15, 0.2) is 11.8 Å². The van der Waals surface area contributed by atoms with Gasteiger partial charge in [-0.05, 0) is 24.3 Å². The second-order valence-corrected chi connectivity index (χ2v) is 4.38. The van der Waals surface area contributed by atoms with E-state index in [1.807, 2.05) is 38.1 Å². The number of benzene rings is 2. The van der Waals surface area contributed by atoms with Gasteiger partial charge in [-0.1, -0.05) is 0 Å². The maximum Gasteiger partial charge on any atom is 0.192 e. The first-order valence-electron chi connectivity index (χ1n) is 5.78. The molecule has 0 aromatic heterocycles. The zero-order valence-corrected chi connectivity index (χ0v) is 10.0. The minimum absolute atomic E-state index is 0.655. The molecular formula is C14H10N2O2. The average molecular weight is 238 g/mol. The molecule has 0 atom stereocenters. The van der Waals surface area contributed by atoms with Crippen molar-refractivity contribution >= 4 is 33.9 Å². The van der Waals surface area contributed by atoms with Crippen LogP contribution in [0.1, 0.15) is 13.8 Å². The van der Waals surface area contributed by atoms with Crippen LogP contribution in [-0.2, 0) is 0 Å². The summed E-state index contributed by atoms with van der Waals surface area (Å²) >= 11 is 0. The Bertz CT molecular complexity index is 695. The van der Waals surface area contributed by atoms with Crippen molar-refractivity contribution in [1.29, 1.82) is 0 Å². The van der Waals surface area contributed by atoms with Gasteiger partial charge in [0, 0.05) is 13.8 Å². The summed E-state index contributed by atoms with van der Waals surface area (Å²) in [6.07, 6.45) is 0. The van der Waals surface area contributed by atoms with Crippen molar-refractivity contribution in [3.05, 3.63) is 24.3 Å². The number of rotatable bonds is 0. The molecule has 0 saturated carbocycles. The van der Waals surface area contributed by atoms with Crippen LogP contribution >= 0.6 is 0 Å². The fourth-order valence-corrected chi connectivity index (χ4v) is 2.46. The molecule has 0 spiro atoms. The third kappa shape index (κ3) is 1.14. The number of ether oxygens (including phenoxy) is 2. The Morgan fingerprint density at radius 2 is 1.17 bits per heavy atom. The van der Waals surface area contributed by atoms with Crippen LogP contribution in [0.25, 0.3) is 10.8 Å². The zero-order chi connectivity index (χ0) is 12.3.